The molecule has 3 rings (SSSR count). The molecule has 0 amide bonds. The molecule has 1 aliphatic heterocycles. The zero-order valence-corrected chi connectivity index (χ0v) is 9.21. The smallest absolute Gasteiger partial charge is 0.240 e. The summed E-state index contributed by atoms with van der Waals surface area (Å²) in [7, 11) is 0. The lowest BCUT2D eigenvalue weighted by Crippen LogP contribution is -2.22. The van der Waals surface area contributed by atoms with Crippen molar-refractivity contribution in [3.8, 4) is 5.75 Å². The lowest BCUT2D eigenvalue weighted by molar-refractivity contribution is 0.273. The molecule has 0 bridgehead atoms. The maximum absolute atomic E-state index is 5.82. The Hall–Kier alpha value is -2.24. The van der Waals surface area contributed by atoms with Crippen molar-refractivity contribution in [2.45, 2.75) is 12.3 Å². The fourth-order valence-corrected chi connectivity index (χ4v) is 2.16. The number of nitrogen functional groups attached to an aromatic ring is 2. The third kappa shape index (κ3) is 1.49. The van der Waals surface area contributed by atoms with Crippen molar-refractivity contribution in [2.75, 3.05) is 18.2 Å². The molecule has 0 spiro atoms. The number of benzene rings is 1. The van der Waals surface area contributed by atoms with Crippen molar-refractivity contribution in [2.24, 2.45) is 0 Å². The maximum Gasteiger partial charge on any atom is 0.240 e. The highest BCUT2D eigenvalue weighted by Gasteiger charge is 2.27. The molecule has 88 valence electrons. The number of aromatic nitrogens is 3. The van der Waals surface area contributed by atoms with Gasteiger partial charge in [0.1, 0.15) is 5.75 Å². The summed E-state index contributed by atoms with van der Waals surface area (Å²) in [6.07, 6.45) is 0.826. The van der Waals surface area contributed by atoms with E-state index in [2.05, 4.69) is 10.2 Å². The molecule has 0 radical (unpaired) electrons. The van der Waals surface area contributed by atoms with E-state index in [9.17, 15) is 0 Å². The number of nitrogens with two attached hydrogens (primary N) is 2. The summed E-state index contributed by atoms with van der Waals surface area (Å²) in [6, 6.07) is 7.88. The van der Waals surface area contributed by atoms with Gasteiger partial charge in [0, 0.05) is 5.56 Å². The Bertz CT molecular complexity index is 551. The number of ether oxygens (including phenoxy) is 1. The summed E-state index contributed by atoms with van der Waals surface area (Å²) in [4.78, 5) is 0. The third-order valence-corrected chi connectivity index (χ3v) is 3.02. The number of rotatable bonds is 1. The second kappa shape index (κ2) is 3.65. The zero-order chi connectivity index (χ0) is 11.8. The molecule has 2 aromatic rings. The molecule has 1 aromatic carbocycles. The summed E-state index contributed by atoms with van der Waals surface area (Å²) in [5.41, 5.74) is 6.68. The highest BCUT2D eigenvalue weighted by molar-refractivity contribution is 5.41. The number of hydrogen-bond donors (Lipinski definition) is 2. The number of nitrogens with zero attached hydrogens (tertiary/aromatic N) is 3. The normalized spacial score (nSPS) is 18.5. The van der Waals surface area contributed by atoms with Crippen LogP contribution in [0.25, 0.3) is 0 Å². The average Bonchev–Trinajstić information content (AvgIpc) is 2.69. The van der Waals surface area contributed by atoms with E-state index in [1.165, 1.54) is 4.68 Å². The second-order valence-corrected chi connectivity index (χ2v) is 4.01. The Kier molecular flexibility index (Phi) is 2.14. The van der Waals surface area contributed by atoms with Crippen LogP contribution in [-0.4, -0.2) is 21.5 Å². The highest BCUT2D eigenvalue weighted by Crippen LogP contribution is 2.36. The van der Waals surface area contributed by atoms with Gasteiger partial charge in [0.25, 0.3) is 0 Å². The van der Waals surface area contributed by atoms with Gasteiger partial charge in [0.2, 0.25) is 5.95 Å². The molecule has 0 saturated heterocycles. The van der Waals surface area contributed by atoms with Crippen LogP contribution in [0, 0.1) is 0 Å². The van der Waals surface area contributed by atoms with E-state index in [0.29, 0.717) is 12.4 Å². The van der Waals surface area contributed by atoms with E-state index >= 15 is 0 Å². The van der Waals surface area contributed by atoms with Crippen LogP contribution >= 0.6 is 0 Å². The quantitative estimate of drug-likeness (QED) is 0.697. The standard InChI is InChI=1S/C11H13N5O/c12-11-15-14-10(16(11)13)8-5-6-17-9-4-2-1-3-7(8)9/h1-4,8H,5-6,13H2,(H2,12,15). The van der Waals surface area contributed by atoms with Crippen molar-refractivity contribution < 1.29 is 4.74 Å². The molecule has 1 aliphatic rings. The molecule has 1 unspecified atom stereocenters. The minimum Gasteiger partial charge on any atom is -0.493 e. The first-order chi connectivity index (χ1) is 8.27. The highest BCUT2D eigenvalue weighted by atomic mass is 16.5. The van der Waals surface area contributed by atoms with Crippen LogP contribution in [0.2, 0.25) is 0 Å². The minimum absolute atomic E-state index is 0.0924. The van der Waals surface area contributed by atoms with Gasteiger partial charge in [-0.25, -0.2) is 4.68 Å². The first-order valence-corrected chi connectivity index (χ1v) is 5.45. The molecule has 0 saturated carbocycles. The Balaban J connectivity index is 2.09. The fourth-order valence-electron chi connectivity index (χ4n) is 2.16. The third-order valence-electron chi connectivity index (χ3n) is 3.02. The molecule has 1 aromatic heterocycles. The topological polar surface area (TPSA) is 92.0 Å². The Morgan fingerprint density at radius 3 is 2.88 bits per heavy atom. The number of hydrogen-bond acceptors (Lipinski definition) is 5. The van der Waals surface area contributed by atoms with Gasteiger partial charge < -0.3 is 16.3 Å². The van der Waals surface area contributed by atoms with Gasteiger partial charge in [-0.2, -0.15) is 0 Å². The lowest BCUT2D eigenvalue weighted by Gasteiger charge is -2.24. The van der Waals surface area contributed by atoms with Crippen LogP contribution in [0.15, 0.2) is 24.3 Å². The van der Waals surface area contributed by atoms with Gasteiger partial charge >= 0.3 is 0 Å². The van der Waals surface area contributed by atoms with E-state index in [-0.39, 0.29) is 11.9 Å². The van der Waals surface area contributed by atoms with Crippen molar-refractivity contribution in [1.29, 1.82) is 0 Å². The summed E-state index contributed by atoms with van der Waals surface area (Å²) in [6.45, 7) is 0.647. The molecule has 0 aliphatic carbocycles. The van der Waals surface area contributed by atoms with Crippen molar-refractivity contribution in [3.63, 3.8) is 0 Å². The molecular formula is C11H13N5O. The van der Waals surface area contributed by atoms with E-state index in [4.69, 9.17) is 16.3 Å². The molecule has 6 heteroatoms. The largest absolute Gasteiger partial charge is 0.493 e. The number of anilines is 1. The molecule has 17 heavy (non-hydrogen) atoms. The minimum atomic E-state index is 0.0924. The van der Waals surface area contributed by atoms with Crippen LogP contribution in [0.3, 0.4) is 0 Å². The molecule has 4 N–H and O–H groups in total. The molecule has 6 nitrogen and oxygen atoms in total. The van der Waals surface area contributed by atoms with Crippen LogP contribution in [0.4, 0.5) is 5.95 Å². The summed E-state index contributed by atoms with van der Waals surface area (Å²) < 4.78 is 6.93. The first kappa shape index (κ1) is 9.95. The molecule has 1 atom stereocenters. The van der Waals surface area contributed by atoms with E-state index in [1.807, 2.05) is 24.3 Å². The second-order valence-electron chi connectivity index (χ2n) is 4.01. The summed E-state index contributed by atoms with van der Waals surface area (Å²) >= 11 is 0. The van der Waals surface area contributed by atoms with Crippen LogP contribution in [-0.2, 0) is 0 Å². The number of para-hydroxylation sites is 1. The SMILES string of the molecule is Nc1nnc(C2CCOc3ccccc32)n1N. The van der Waals surface area contributed by atoms with Crippen LogP contribution in [0.5, 0.6) is 5.75 Å². The first-order valence-electron chi connectivity index (χ1n) is 5.45. The lowest BCUT2D eigenvalue weighted by atomic mass is 9.92. The molecular weight excluding hydrogens is 218 g/mol. The zero-order valence-electron chi connectivity index (χ0n) is 9.21. The van der Waals surface area contributed by atoms with Gasteiger partial charge in [-0.3, -0.25) is 0 Å². The Morgan fingerprint density at radius 1 is 1.29 bits per heavy atom. The molecule has 2 heterocycles. The van der Waals surface area contributed by atoms with Crippen molar-refractivity contribution in [3.05, 3.63) is 35.7 Å². The van der Waals surface area contributed by atoms with Gasteiger partial charge in [0.05, 0.1) is 12.5 Å². The van der Waals surface area contributed by atoms with Crippen LogP contribution in [0.1, 0.15) is 23.7 Å². The fraction of sp³-hybridized carbons (Fsp3) is 0.273. The Labute approximate surface area is 98.2 Å². The average molecular weight is 231 g/mol. The van der Waals surface area contributed by atoms with Crippen LogP contribution < -0.4 is 16.3 Å². The predicted molar refractivity (Wildman–Crippen MR) is 63.0 cm³/mol. The van der Waals surface area contributed by atoms with Crippen molar-refractivity contribution in [1.82, 2.24) is 14.9 Å². The summed E-state index contributed by atoms with van der Waals surface area (Å²) in [5, 5.41) is 7.83. The Morgan fingerprint density at radius 2 is 2.12 bits per heavy atom. The summed E-state index contributed by atoms with van der Waals surface area (Å²) in [5.74, 6) is 7.69. The van der Waals surface area contributed by atoms with Gasteiger partial charge in [-0.1, -0.05) is 18.2 Å². The maximum atomic E-state index is 5.82. The van der Waals surface area contributed by atoms with Crippen molar-refractivity contribution >= 4 is 5.95 Å². The van der Waals surface area contributed by atoms with E-state index in [1.54, 1.807) is 0 Å². The van der Waals surface area contributed by atoms with Gasteiger partial charge in [-0.05, 0) is 12.5 Å². The van der Waals surface area contributed by atoms with E-state index < -0.39 is 0 Å². The van der Waals surface area contributed by atoms with Gasteiger partial charge in [-0.15, -0.1) is 10.2 Å². The monoisotopic (exact) mass is 231 g/mol. The van der Waals surface area contributed by atoms with E-state index in [0.717, 1.165) is 17.7 Å². The number of fused-ring (bicyclic) bond motifs is 1. The van der Waals surface area contributed by atoms with Gasteiger partial charge in [0.15, 0.2) is 5.82 Å². The predicted octanol–water partition coefficient (Wildman–Crippen LogP) is 0.488. The molecule has 0 fully saturated rings.